The average molecular weight is 216 g/mol. The third-order valence-electron chi connectivity index (χ3n) is 2.87. The van der Waals surface area contributed by atoms with Crippen LogP contribution in [0, 0.1) is 0 Å². The minimum Gasteiger partial charge on any atom is -0.343 e. The Morgan fingerprint density at radius 3 is 3.31 bits per heavy atom. The minimum absolute atomic E-state index is 0.315. The summed E-state index contributed by atoms with van der Waals surface area (Å²) in [7, 11) is 0. The molecule has 1 aliphatic rings. The number of aryl methyl sites for hydroxylation is 1. The van der Waals surface area contributed by atoms with Crippen molar-refractivity contribution in [1.29, 1.82) is 0 Å². The molecule has 0 saturated heterocycles. The van der Waals surface area contributed by atoms with E-state index in [9.17, 15) is 0 Å². The van der Waals surface area contributed by atoms with Crippen LogP contribution in [0.2, 0.25) is 0 Å². The zero-order valence-corrected chi connectivity index (χ0v) is 8.76. The second-order valence-electron chi connectivity index (χ2n) is 3.87. The van der Waals surface area contributed by atoms with Gasteiger partial charge in [0.15, 0.2) is 5.82 Å². The van der Waals surface area contributed by atoms with Crippen LogP contribution in [-0.4, -0.2) is 15.1 Å². The fourth-order valence-electron chi connectivity index (χ4n) is 2.10. The van der Waals surface area contributed by atoms with E-state index in [1.165, 1.54) is 12.0 Å². The molecule has 0 saturated carbocycles. The molecule has 1 aliphatic carbocycles. The van der Waals surface area contributed by atoms with Gasteiger partial charge >= 0.3 is 0 Å². The Hall–Kier alpha value is -1.75. The third kappa shape index (κ3) is 1.69. The second kappa shape index (κ2) is 4.02. The number of pyridine rings is 1. The first kappa shape index (κ1) is 9.47. The lowest BCUT2D eigenvalue weighted by molar-refractivity contribution is 0.403. The summed E-state index contributed by atoms with van der Waals surface area (Å²) in [6, 6.07) is 4.44. The molecule has 0 aromatic carbocycles. The van der Waals surface area contributed by atoms with E-state index in [2.05, 4.69) is 31.0 Å². The topological polar surface area (TPSA) is 63.8 Å². The third-order valence-corrected chi connectivity index (χ3v) is 2.87. The predicted octanol–water partition coefficient (Wildman–Crippen LogP) is 1.24. The lowest BCUT2D eigenvalue weighted by Gasteiger charge is -2.10. The van der Waals surface area contributed by atoms with Gasteiger partial charge in [-0.3, -0.25) is 4.98 Å². The highest BCUT2D eigenvalue weighted by molar-refractivity contribution is 5.27. The molecule has 82 valence electrons. The van der Waals surface area contributed by atoms with Gasteiger partial charge < -0.3 is 9.84 Å². The summed E-state index contributed by atoms with van der Waals surface area (Å²) < 4.78 is 4.68. The van der Waals surface area contributed by atoms with Crippen molar-refractivity contribution < 1.29 is 4.52 Å². The Morgan fingerprint density at radius 2 is 2.44 bits per heavy atom. The number of hydrogen-bond donors (Lipinski definition) is 1. The molecular formula is C11H12N4O. The van der Waals surface area contributed by atoms with Crippen molar-refractivity contribution in [2.24, 2.45) is 0 Å². The molecule has 0 spiro atoms. The summed E-state index contributed by atoms with van der Waals surface area (Å²) in [6.07, 6.45) is 5.36. The smallest absolute Gasteiger partial charge is 0.213 e. The molecule has 0 radical (unpaired) electrons. The van der Waals surface area contributed by atoms with E-state index in [1.807, 2.05) is 12.3 Å². The standard InChI is InChI=1S/C11H12N4O/c1-2-8-3-4-9(11(8)12-5-1)13-6-10-14-7-16-15-10/h1-2,5,7,9,13H,3-4,6H2. The van der Waals surface area contributed by atoms with Gasteiger partial charge in [0.25, 0.3) is 0 Å². The number of aromatic nitrogens is 3. The molecule has 1 atom stereocenters. The van der Waals surface area contributed by atoms with Crippen LogP contribution in [0.4, 0.5) is 0 Å². The monoisotopic (exact) mass is 216 g/mol. The molecule has 5 nitrogen and oxygen atoms in total. The van der Waals surface area contributed by atoms with Crippen LogP contribution in [0.1, 0.15) is 29.5 Å². The molecule has 3 rings (SSSR count). The molecule has 16 heavy (non-hydrogen) atoms. The van der Waals surface area contributed by atoms with E-state index in [-0.39, 0.29) is 0 Å². The average Bonchev–Trinajstić information content (AvgIpc) is 2.96. The van der Waals surface area contributed by atoms with Crippen molar-refractivity contribution in [2.45, 2.75) is 25.4 Å². The lowest BCUT2D eigenvalue weighted by Crippen LogP contribution is -2.20. The van der Waals surface area contributed by atoms with Crippen molar-refractivity contribution in [2.75, 3.05) is 0 Å². The summed E-state index contributed by atoms with van der Waals surface area (Å²) in [5.41, 5.74) is 2.50. The van der Waals surface area contributed by atoms with E-state index in [1.54, 1.807) is 0 Å². The largest absolute Gasteiger partial charge is 0.343 e. The number of rotatable bonds is 3. The van der Waals surface area contributed by atoms with Crippen molar-refractivity contribution in [3.8, 4) is 0 Å². The van der Waals surface area contributed by atoms with Crippen LogP contribution >= 0.6 is 0 Å². The molecule has 5 heteroatoms. The van der Waals surface area contributed by atoms with E-state index in [4.69, 9.17) is 0 Å². The SMILES string of the molecule is c1cnc2c(c1)CCC2NCc1ncon1. The molecule has 0 aliphatic heterocycles. The van der Waals surface area contributed by atoms with Gasteiger partial charge in [0.05, 0.1) is 18.3 Å². The molecular weight excluding hydrogens is 204 g/mol. The normalized spacial score (nSPS) is 18.6. The summed E-state index contributed by atoms with van der Waals surface area (Å²) >= 11 is 0. The highest BCUT2D eigenvalue weighted by atomic mass is 16.5. The first-order valence-electron chi connectivity index (χ1n) is 5.36. The number of fused-ring (bicyclic) bond motifs is 1. The molecule has 2 heterocycles. The maximum atomic E-state index is 4.68. The Balaban J connectivity index is 1.69. The van der Waals surface area contributed by atoms with Crippen LogP contribution in [0.5, 0.6) is 0 Å². The van der Waals surface area contributed by atoms with E-state index >= 15 is 0 Å². The summed E-state index contributed by atoms with van der Waals surface area (Å²) in [5, 5.41) is 7.16. The van der Waals surface area contributed by atoms with Crippen molar-refractivity contribution >= 4 is 0 Å². The van der Waals surface area contributed by atoms with Crippen LogP contribution in [0.15, 0.2) is 29.2 Å². The molecule has 0 fully saturated rings. The Kier molecular flexibility index (Phi) is 2.38. The van der Waals surface area contributed by atoms with Crippen molar-refractivity contribution in [3.05, 3.63) is 41.8 Å². The van der Waals surface area contributed by atoms with Gasteiger partial charge in [0, 0.05) is 6.20 Å². The number of nitrogens with zero attached hydrogens (tertiary/aromatic N) is 3. The maximum absolute atomic E-state index is 4.68. The summed E-state index contributed by atoms with van der Waals surface area (Å²) in [6.45, 7) is 0.622. The zero-order chi connectivity index (χ0) is 10.8. The van der Waals surface area contributed by atoms with Gasteiger partial charge in [0.2, 0.25) is 6.39 Å². The van der Waals surface area contributed by atoms with E-state index in [0.29, 0.717) is 18.4 Å². The minimum atomic E-state index is 0.315. The molecule has 2 aromatic rings. The van der Waals surface area contributed by atoms with Gasteiger partial charge in [-0.05, 0) is 24.5 Å². The molecule has 0 amide bonds. The van der Waals surface area contributed by atoms with Gasteiger partial charge in [-0.25, -0.2) is 0 Å². The van der Waals surface area contributed by atoms with Gasteiger partial charge in [-0.1, -0.05) is 11.2 Å². The fraction of sp³-hybridized carbons (Fsp3) is 0.364. The highest BCUT2D eigenvalue weighted by Crippen LogP contribution is 2.28. The molecule has 0 bridgehead atoms. The molecule has 2 aromatic heterocycles. The molecule has 1 N–H and O–H groups in total. The Bertz CT molecular complexity index is 469. The van der Waals surface area contributed by atoms with Gasteiger partial charge in [-0.2, -0.15) is 4.98 Å². The second-order valence-corrected chi connectivity index (χ2v) is 3.87. The van der Waals surface area contributed by atoms with Crippen LogP contribution in [-0.2, 0) is 13.0 Å². The van der Waals surface area contributed by atoms with Crippen LogP contribution < -0.4 is 5.32 Å². The summed E-state index contributed by atoms with van der Waals surface area (Å²) in [5.74, 6) is 0.685. The Labute approximate surface area is 92.9 Å². The zero-order valence-electron chi connectivity index (χ0n) is 8.76. The Morgan fingerprint density at radius 1 is 1.44 bits per heavy atom. The van der Waals surface area contributed by atoms with E-state index < -0.39 is 0 Å². The highest BCUT2D eigenvalue weighted by Gasteiger charge is 2.23. The van der Waals surface area contributed by atoms with Crippen molar-refractivity contribution in [3.63, 3.8) is 0 Å². The first-order valence-corrected chi connectivity index (χ1v) is 5.36. The van der Waals surface area contributed by atoms with Gasteiger partial charge in [0.1, 0.15) is 0 Å². The van der Waals surface area contributed by atoms with Crippen LogP contribution in [0.25, 0.3) is 0 Å². The van der Waals surface area contributed by atoms with Crippen LogP contribution in [0.3, 0.4) is 0 Å². The summed E-state index contributed by atoms with van der Waals surface area (Å²) in [4.78, 5) is 8.39. The lowest BCUT2D eigenvalue weighted by atomic mass is 10.2. The molecule has 1 unspecified atom stereocenters. The quantitative estimate of drug-likeness (QED) is 0.836. The maximum Gasteiger partial charge on any atom is 0.213 e. The predicted molar refractivity (Wildman–Crippen MR) is 56.4 cm³/mol. The van der Waals surface area contributed by atoms with Crippen molar-refractivity contribution in [1.82, 2.24) is 20.4 Å². The van der Waals surface area contributed by atoms with Gasteiger partial charge in [-0.15, -0.1) is 0 Å². The van der Waals surface area contributed by atoms with E-state index in [0.717, 1.165) is 18.5 Å². The fourth-order valence-corrected chi connectivity index (χ4v) is 2.10. The number of hydrogen-bond acceptors (Lipinski definition) is 5. The first-order chi connectivity index (χ1) is 7.93. The number of nitrogens with one attached hydrogen (secondary N) is 1.